The largest absolute Gasteiger partial charge is 0.497 e. The molecule has 2 aromatic rings. The van der Waals surface area contributed by atoms with E-state index < -0.39 is 6.04 Å². The van der Waals surface area contributed by atoms with Crippen LogP contribution < -0.4 is 24.3 Å². The summed E-state index contributed by atoms with van der Waals surface area (Å²) in [5, 5.41) is 2.90. The number of hydrogen-bond donors (Lipinski definition) is 1. The molecule has 8 nitrogen and oxygen atoms in total. The van der Waals surface area contributed by atoms with Crippen molar-refractivity contribution in [2.24, 2.45) is 5.92 Å². The molecule has 1 N–H and O–H groups in total. The Hall–Kier alpha value is -3.42. The Morgan fingerprint density at radius 3 is 1.91 bits per heavy atom. The first-order chi connectivity index (χ1) is 15.8. The monoisotopic (exact) mass is 458 g/mol. The molecule has 0 aliphatic heterocycles. The van der Waals surface area contributed by atoms with Crippen molar-refractivity contribution in [3.63, 3.8) is 0 Å². The number of hydrogen-bond acceptors (Lipinski definition) is 6. The summed E-state index contributed by atoms with van der Waals surface area (Å²) in [7, 11) is 4.67. The van der Waals surface area contributed by atoms with E-state index in [-0.39, 0.29) is 25.0 Å². The van der Waals surface area contributed by atoms with Crippen LogP contribution in [-0.2, 0) is 16.1 Å². The van der Waals surface area contributed by atoms with Crippen molar-refractivity contribution < 1.29 is 28.5 Å². The quantitative estimate of drug-likeness (QED) is 0.525. The van der Waals surface area contributed by atoms with Crippen LogP contribution in [0.3, 0.4) is 0 Å². The number of carbonyl (C=O) groups excluding carboxylic acids is 2. The van der Waals surface area contributed by atoms with Crippen molar-refractivity contribution >= 4 is 11.8 Å². The van der Waals surface area contributed by atoms with Gasteiger partial charge in [0.05, 0.1) is 21.3 Å². The van der Waals surface area contributed by atoms with Gasteiger partial charge in [-0.05, 0) is 30.5 Å². The molecule has 0 heterocycles. The van der Waals surface area contributed by atoms with E-state index in [1.807, 2.05) is 38.1 Å². The highest BCUT2D eigenvalue weighted by atomic mass is 16.5. The molecule has 2 amide bonds. The standard InChI is InChI=1S/C25H34N2O6/c1-17(2)14-26-25(29)18(3)27(15-19-7-9-20(30-4)10-8-19)24(28)16-33-23-12-21(31-5)11-22(13-23)32-6/h7-13,17-18H,14-16H2,1-6H3,(H,26,29). The second-order valence-electron chi connectivity index (χ2n) is 8.02. The average molecular weight is 459 g/mol. The van der Waals surface area contributed by atoms with E-state index in [1.54, 1.807) is 32.2 Å². The highest BCUT2D eigenvalue weighted by molar-refractivity contribution is 5.88. The summed E-state index contributed by atoms with van der Waals surface area (Å²) in [6, 6.07) is 11.7. The molecule has 0 aliphatic carbocycles. The smallest absolute Gasteiger partial charge is 0.261 e. The van der Waals surface area contributed by atoms with Gasteiger partial charge in [0.25, 0.3) is 5.91 Å². The summed E-state index contributed by atoms with van der Waals surface area (Å²) in [5.41, 5.74) is 0.871. The van der Waals surface area contributed by atoms with Gasteiger partial charge in [-0.3, -0.25) is 9.59 Å². The molecule has 0 aromatic heterocycles. The number of nitrogens with one attached hydrogen (secondary N) is 1. The van der Waals surface area contributed by atoms with Crippen LogP contribution in [-0.4, -0.2) is 57.2 Å². The minimum Gasteiger partial charge on any atom is -0.497 e. The van der Waals surface area contributed by atoms with Crippen molar-refractivity contribution in [2.75, 3.05) is 34.5 Å². The Balaban J connectivity index is 2.18. The number of methoxy groups -OCH3 is 3. The summed E-state index contributed by atoms with van der Waals surface area (Å²) in [6.07, 6.45) is 0. The molecule has 0 spiro atoms. The van der Waals surface area contributed by atoms with Crippen LogP contribution in [0.4, 0.5) is 0 Å². The van der Waals surface area contributed by atoms with Gasteiger partial charge in [-0.2, -0.15) is 0 Å². The molecule has 1 unspecified atom stereocenters. The highest BCUT2D eigenvalue weighted by Crippen LogP contribution is 2.27. The fourth-order valence-corrected chi connectivity index (χ4v) is 3.06. The van der Waals surface area contributed by atoms with Crippen molar-refractivity contribution in [1.29, 1.82) is 0 Å². The lowest BCUT2D eigenvalue weighted by molar-refractivity contribution is -0.142. The number of benzene rings is 2. The summed E-state index contributed by atoms with van der Waals surface area (Å²) in [5.74, 6) is 2.02. The Morgan fingerprint density at radius 1 is 0.848 bits per heavy atom. The van der Waals surface area contributed by atoms with Crippen LogP contribution >= 0.6 is 0 Å². The first-order valence-corrected chi connectivity index (χ1v) is 10.8. The lowest BCUT2D eigenvalue weighted by atomic mass is 10.1. The average Bonchev–Trinajstić information content (AvgIpc) is 2.83. The number of nitrogens with zero attached hydrogens (tertiary/aromatic N) is 1. The maximum absolute atomic E-state index is 13.2. The maximum atomic E-state index is 13.2. The highest BCUT2D eigenvalue weighted by Gasteiger charge is 2.26. The minimum absolute atomic E-state index is 0.214. The second kappa shape index (κ2) is 12.6. The molecule has 0 saturated carbocycles. The van der Waals surface area contributed by atoms with E-state index >= 15 is 0 Å². The SMILES string of the molecule is COc1ccc(CN(C(=O)COc2cc(OC)cc(OC)c2)C(C)C(=O)NCC(C)C)cc1. The number of ether oxygens (including phenoxy) is 4. The lowest BCUT2D eigenvalue weighted by Gasteiger charge is -2.29. The van der Waals surface area contributed by atoms with Crippen molar-refractivity contribution in [3.8, 4) is 23.0 Å². The zero-order valence-electron chi connectivity index (χ0n) is 20.2. The van der Waals surface area contributed by atoms with Gasteiger partial charge in [-0.1, -0.05) is 26.0 Å². The lowest BCUT2D eigenvalue weighted by Crippen LogP contribution is -2.49. The van der Waals surface area contributed by atoms with Crippen LogP contribution in [0.2, 0.25) is 0 Å². The summed E-state index contributed by atoms with van der Waals surface area (Å²) < 4.78 is 21.4. The fraction of sp³-hybridized carbons (Fsp3) is 0.440. The molecule has 0 radical (unpaired) electrons. The molecule has 0 bridgehead atoms. The molecule has 0 saturated heterocycles. The van der Waals surface area contributed by atoms with Gasteiger partial charge in [0.15, 0.2) is 6.61 Å². The van der Waals surface area contributed by atoms with E-state index in [9.17, 15) is 9.59 Å². The summed E-state index contributed by atoms with van der Waals surface area (Å²) >= 11 is 0. The number of rotatable bonds is 12. The molecule has 1 atom stereocenters. The Kier molecular flexibility index (Phi) is 9.84. The molecule has 33 heavy (non-hydrogen) atoms. The first-order valence-electron chi connectivity index (χ1n) is 10.8. The molecule has 0 fully saturated rings. The summed E-state index contributed by atoms with van der Waals surface area (Å²) in [6.45, 7) is 6.29. The molecule has 2 aromatic carbocycles. The maximum Gasteiger partial charge on any atom is 0.261 e. The zero-order chi connectivity index (χ0) is 24.4. The van der Waals surface area contributed by atoms with E-state index in [1.165, 1.54) is 19.1 Å². The fourth-order valence-electron chi connectivity index (χ4n) is 3.06. The van der Waals surface area contributed by atoms with Gasteiger partial charge in [-0.15, -0.1) is 0 Å². The van der Waals surface area contributed by atoms with Gasteiger partial charge in [0, 0.05) is 31.3 Å². The molecule has 180 valence electrons. The summed E-state index contributed by atoms with van der Waals surface area (Å²) in [4.78, 5) is 27.4. The normalized spacial score (nSPS) is 11.5. The molecule has 0 aliphatic rings. The Morgan fingerprint density at radius 2 is 1.39 bits per heavy atom. The van der Waals surface area contributed by atoms with Crippen LogP contribution in [0, 0.1) is 5.92 Å². The van der Waals surface area contributed by atoms with E-state index in [4.69, 9.17) is 18.9 Å². The van der Waals surface area contributed by atoms with E-state index in [0.29, 0.717) is 29.7 Å². The van der Waals surface area contributed by atoms with Crippen LogP contribution in [0.15, 0.2) is 42.5 Å². The minimum atomic E-state index is -0.679. The Bertz CT molecular complexity index is 891. The van der Waals surface area contributed by atoms with Crippen molar-refractivity contribution in [2.45, 2.75) is 33.4 Å². The van der Waals surface area contributed by atoms with Gasteiger partial charge < -0.3 is 29.2 Å². The predicted molar refractivity (Wildman–Crippen MR) is 126 cm³/mol. The van der Waals surface area contributed by atoms with Crippen LogP contribution in [0.1, 0.15) is 26.3 Å². The van der Waals surface area contributed by atoms with Crippen LogP contribution in [0.5, 0.6) is 23.0 Å². The molecule has 8 heteroatoms. The van der Waals surface area contributed by atoms with E-state index in [2.05, 4.69) is 5.32 Å². The second-order valence-corrected chi connectivity index (χ2v) is 8.02. The van der Waals surface area contributed by atoms with Crippen molar-refractivity contribution in [3.05, 3.63) is 48.0 Å². The van der Waals surface area contributed by atoms with Crippen molar-refractivity contribution in [1.82, 2.24) is 10.2 Å². The topological polar surface area (TPSA) is 86.3 Å². The van der Waals surface area contributed by atoms with Gasteiger partial charge in [0.1, 0.15) is 29.0 Å². The molecular formula is C25H34N2O6. The third-order valence-electron chi connectivity index (χ3n) is 5.05. The number of carbonyl (C=O) groups is 2. The van der Waals surface area contributed by atoms with E-state index in [0.717, 1.165) is 11.3 Å². The van der Waals surface area contributed by atoms with Gasteiger partial charge in [-0.25, -0.2) is 0 Å². The zero-order valence-corrected chi connectivity index (χ0v) is 20.2. The number of amides is 2. The predicted octanol–water partition coefficient (Wildman–Crippen LogP) is 3.28. The van der Waals surface area contributed by atoms with Gasteiger partial charge in [0.2, 0.25) is 5.91 Å². The van der Waals surface area contributed by atoms with Gasteiger partial charge >= 0.3 is 0 Å². The first kappa shape index (κ1) is 25.8. The van der Waals surface area contributed by atoms with Crippen LogP contribution in [0.25, 0.3) is 0 Å². The molecular weight excluding hydrogens is 424 g/mol. The molecule has 2 rings (SSSR count). The Labute approximate surface area is 195 Å². The third kappa shape index (κ3) is 7.89. The third-order valence-corrected chi connectivity index (χ3v) is 5.05.